The Morgan fingerprint density at radius 1 is 0.949 bits per heavy atom. The minimum atomic E-state index is -0.323. The lowest BCUT2D eigenvalue weighted by Crippen LogP contribution is -2.29. The topological polar surface area (TPSA) is 77.1 Å². The van der Waals surface area contributed by atoms with E-state index in [-0.39, 0.29) is 17.8 Å². The lowest BCUT2D eigenvalue weighted by atomic mass is 9.96. The Balaban J connectivity index is 1.56. The van der Waals surface area contributed by atoms with E-state index in [4.69, 9.17) is 4.98 Å². The van der Waals surface area contributed by atoms with Crippen LogP contribution in [0.3, 0.4) is 0 Å². The third-order valence-corrected chi connectivity index (χ3v) is 7.53. The number of fused-ring (bicyclic) bond motifs is 1. The van der Waals surface area contributed by atoms with Crippen molar-refractivity contribution in [3.63, 3.8) is 0 Å². The Morgan fingerprint density at radius 2 is 1.62 bits per heavy atom. The molecule has 0 saturated heterocycles. The molecule has 200 valence electrons. The number of amides is 1. The molecule has 0 fully saturated rings. The lowest BCUT2D eigenvalue weighted by molar-refractivity contribution is 0.0932. The normalized spacial score (nSPS) is 13.0. The van der Waals surface area contributed by atoms with E-state index in [0.717, 1.165) is 34.5 Å². The molecule has 2 atom stereocenters. The van der Waals surface area contributed by atoms with E-state index in [1.54, 1.807) is 22.7 Å². The van der Waals surface area contributed by atoms with Gasteiger partial charge in [-0.3, -0.25) is 9.48 Å². The highest BCUT2D eigenvalue weighted by Crippen LogP contribution is 2.29. The van der Waals surface area contributed by atoms with E-state index >= 15 is 0 Å². The first-order chi connectivity index (χ1) is 18.7. The number of carbonyl (C=O) groups is 1. The molecular weight excluding hydrogens is 491 g/mol. The minimum absolute atomic E-state index is 0.218. The van der Waals surface area contributed by atoms with E-state index in [2.05, 4.69) is 53.6 Å². The van der Waals surface area contributed by atoms with Gasteiger partial charge in [-0.05, 0) is 74.6 Å². The van der Waals surface area contributed by atoms with Crippen LogP contribution < -0.4 is 5.32 Å². The van der Waals surface area contributed by atoms with Gasteiger partial charge in [-0.2, -0.15) is 10.2 Å². The standard InChI is InChI=1S/C31H33FN6O/c1-7-18(2)22-8-10-23(11-9-22)19(3)33-31(39)28-16-27(30-20(4)35-37(6)21(30)5)34-29-17-26(36-38(28)29)24-12-14-25(32)15-13-24/h8-19H,7H2,1-6H3,(H,33,39)/t18-,19-/m0/s1. The molecule has 0 aliphatic heterocycles. The first-order valence-electron chi connectivity index (χ1n) is 13.2. The van der Waals surface area contributed by atoms with Crippen molar-refractivity contribution in [2.45, 2.75) is 53.0 Å². The zero-order valence-electron chi connectivity index (χ0n) is 23.2. The molecule has 0 aliphatic rings. The number of halogens is 1. The Morgan fingerprint density at radius 3 is 2.23 bits per heavy atom. The van der Waals surface area contributed by atoms with E-state index < -0.39 is 0 Å². The lowest BCUT2D eigenvalue weighted by Gasteiger charge is -2.17. The van der Waals surface area contributed by atoms with Crippen molar-refractivity contribution in [3.05, 3.63) is 94.7 Å². The Hall–Kier alpha value is -4.33. The van der Waals surface area contributed by atoms with Crippen LogP contribution in [0.4, 0.5) is 4.39 Å². The number of aryl methyl sites for hydroxylation is 2. The predicted octanol–water partition coefficient (Wildman–Crippen LogP) is 6.56. The Bertz CT molecular complexity index is 1650. The van der Waals surface area contributed by atoms with Crippen LogP contribution in [0.5, 0.6) is 0 Å². The summed E-state index contributed by atoms with van der Waals surface area (Å²) in [6, 6.07) is 17.9. The molecule has 0 unspecified atom stereocenters. The summed E-state index contributed by atoms with van der Waals surface area (Å²) in [4.78, 5) is 18.6. The van der Waals surface area contributed by atoms with Gasteiger partial charge in [0, 0.05) is 29.9 Å². The van der Waals surface area contributed by atoms with Crippen molar-refractivity contribution in [1.29, 1.82) is 0 Å². The van der Waals surface area contributed by atoms with Crippen LogP contribution in [0.15, 0.2) is 60.7 Å². The van der Waals surface area contributed by atoms with Crippen molar-refractivity contribution >= 4 is 11.6 Å². The number of nitrogens with zero attached hydrogens (tertiary/aromatic N) is 5. The number of carbonyl (C=O) groups excluding carboxylic acids is 1. The van der Waals surface area contributed by atoms with Crippen LogP contribution in [-0.2, 0) is 7.05 Å². The van der Waals surface area contributed by atoms with Gasteiger partial charge in [-0.15, -0.1) is 0 Å². The van der Waals surface area contributed by atoms with Crippen LogP contribution >= 0.6 is 0 Å². The second-order valence-corrected chi connectivity index (χ2v) is 10.2. The predicted molar refractivity (Wildman–Crippen MR) is 151 cm³/mol. The molecule has 0 spiro atoms. The van der Waals surface area contributed by atoms with E-state index in [9.17, 15) is 9.18 Å². The molecule has 0 bridgehead atoms. The smallest absolute Gasteiger partial charge is 0.270 e. The largest absolute Gasteiger partial charge is 0.344 e. The first-order valence-corrected chi connectivity index (χ1v) is 13.2. The van der Waals surface area contributed by atoms with Crippen molar-refractivity contribution in [3.8, 4) is 22.5 Å². The summed E-state index contributed by atoms with van der Waals surface area (Å²) in [7, 11) is 1.89. The van der Waals surface area contributed by atoms with E-state index in [1.807, 2.05) is 38.6 Å². The number of aromatic nitrogens is 5. The van der Waals surface area contributed by atoms with Gasteiger partial charge in [0.25, 0.3) is 5.91 Å². The number of rotatable bonds is 7. The second kappa shape index (κ2) is 10.4. The summed E-state index contributed by atoms with van der Waals surface area (Å²) in [5.74, 6) is -0.103. The summed E-state index contributed by atoms with van der Waals surface area (Å²) < 4.78 is 16.9. The summed E-state index contributed by atoms with van der Waals surface area (Å²) in [6.07, 6.45) is 1.08. The SMILES string of the molecule is CC[C@H](C)c1ccc([C@H](C)NC(=O)c2cc(-c3c(C)nn(C)c3C)nc3cc(-c4ccc(F)cc4)nn23)cc1. The Labute approximate surface area is 227 Å². The monoisotopic (exact) mass is 524 g/mol. The molecule has 1 N–H and O–H groups in total. The van der Waals surface area contributed by atoms with Crippen molar-refractivity contribution in [1.82, 2.24) is 29.7 Å². The second-order valence-electron chi connectivity index (χ2n) is 10.2. The summed E-state index contributed by atoms with van der Waals surface area (Å²) >= 11 is 0. The van der Waals surface area contributed by atoms with Crippen LogP contribution in [0.2, 0.25) is 0 Å². The van der Waals surface area contributed by atoms with Crippen LogP contribution in [-0.4, -0.2) is 30.3 Å². The van der Waals surface area contributed by atoms with Crippen LogP contribution in [0.25, 0.3) is 28.2 Å². The molecule has 5 rings (SSSR count). The number of nitrogens with one attached hydrogen (secondary N) is 1. The van der Waals surface area contributed by atoms with Gasteiger partial charge < -0.3 is 5.32 Å². The fraction of sp³-hybridized carbons (Fsp3) is 0.290. The van der Waals surface area contributed by atoms with E-state index in [1.165, 1.54) is 17.7 Å². The van der Waals surface area contributed by atoms with Gasteiger partial charge in [0.1, 0.15) is 11.5 Å². The molecular formula is C31H33FN6O. The average Bonchev–Trinajstić information content (AvgIpc) is 3.47. The maximum Gasteiger partial charge on any atom is 0.270 e. The molecule has 3 heterocycles. The van der Waals surface area contributed by atoms with Gasteiger partial charge in [-0.25, -0.2) is 13.9 Å². The fourth-order valence-corrected chi connectivity index (χ4v) is 4.87. The molecule has 5 aromatic rings. The molecule has 2 aromatic carbocycles. The van der Waals surface area contributed by atoms with Crippen LogP contribution in [0, 0.1) is 19.7 Å². The van der Waals surface area contributed by atoms with Crippen molar-refractivity contribution < 1.29 is 9.18 Å². The highest BCUT2D eigenvalue weighted by molar-refractivity contribution is 5.95. The van der Waals surface area contributed by atoms with Crippen molar-refractivity contribution in [2.75, 3.05) is 0 Å². The highest BCUT2D eigenvalue weighted by atomic mass is 19.1. The first kappa shape index (κ1) is 26.3. The molecule has 7 nitrogen and oxygen atoms in total. The number of hydrogen-bond donors (Lipinski definition) is 1. The number of hydrogen-bond acceptors (Lipinski definition) is 4. The molecule has 39 heavy (non-hydrogen) atoms. The third kappa shape index (κ3) is 5.06. The fourth-order valence-electron chi connectivity index (χ4n) is 4.87. The third-order valence-electron chi connectivity index (χ3n) is 7.53. The maximum atomic E-state index is 13.7. The molecule has 0 aliphatic carbocycles. The summed E-state index contributed by atoms with van der Waals surface area (Å²) in [6.45, 7) is 10.3. The maximum absolute atomic E-state index is 13.7. The zero-order valence-corrected chi connectivity index (χ0v) is 23.2. The van der Waals surface area contributed by atoms with Crippen LogP contribution in [0.1, 0.15) is 72.2 Å². The van der Waals surface area contributed by atoms with Crippen molar-refractivity contribution in [2.24, 2.45) is 7.05 Å². The highest BCUT2D eigenvalue weighted by Gasteiger charge is 2.22. The summed E-state index contributed by atoms with van der Waals surface area (Å²) in [5.41, 5.74) is 7.81. The summed E-state index contributed by atoms with van der Waals surface area (Å²) in [5, 5.41) is 12.4. The number of benzene rings is 2. The average molecular weight is 525 g/mol. The molecule has 1 amide bonds. The van der Waals surface area contributed by atoms with E-state index in [0.29, 0.717) is 28.6 Å². The molecule has 0 radical (unpaired) electrons. The van der Waals surface area contributed by atoms with Gasteiger partial charge in [0.15, 0.2) is 5.65 Å². The Kier molecular flexibility index (Phi) is 7.04. The van der Waals surface area contributed by atoms with Gasteiger partial charge in [0.2, 0.25) is 0 Å². The zero-order chi connectivity index (χ0) is 27.8. The molecule has 0 saturated carbocycles. The molecule has 8 heteroatoms. The van der Waals surface area contributed by atoms with Gasteiger partial charge >= 0.3 is 0 Å². The quantitative estimate of drug-likeness (QED) is 0.262. The van der Waals surface area contributed by atoms with Gasteiger partial charge in [0.05, 0.1) is 23.1 Å². The minimum Gasteiger partial charge on any atom is -0.344 e. The van der Waals surface area contributed by atoms with Gasteiger partial charge in [-0.1, -0.05) is 38.1 Å². The molecule has 3 aromatic heterocycles.